The molecule has 1 N–H and O–H groups in total. The van der Waals surface area contributed by atoms with E-state index in [1.54, 1.807) is 0 Å². The Morgan fingerprint density at radius 1 is 0.433 bits per heavy atom. The van der Waals surface area contributed by atoms with Crippen molar-refractivity contribution in [2.45, 2.75) is 47.0 Å². The molecule has 0 saturated heterocycles. The van der Waals surface area contributed by atoms with Crippen molar-refractivity contribution in [2.24, 2.45) is 0 Å². The normalized spacial score (nSPS) is 16.3. The SMILES string of the molecule is O=S(=O)(O)C(F)(F)C(F)(F)C(F)(F)C(F)(F)C(F)(F)C(F)(F)C(F)(F)C(F)(F)F.[SbH3]. The number of halogens is 17. The summed E-state index contributed by atoms with van der Waals surface area (Å²) >= 11 is 0. The van der Waals surface area contributed by atoms with Crippen LogP contribution in [0.4, 0.5) is 74.6 Å². The maximum absolute atomic E-state index is 13.0. The van der Waals surface area contributed by atoms with E-state index in [0.29, 0.717) is 0 Å². The van der Waals surface area contributed by atoms with Crippen molar-refractivity contribution in [1.29, 1.82) is 0 Å². The van der Waals surface area contributed by atoms with Gasteiger partial charge in [0, 0.05) is 0 Å². The predicted octanol–water partition coefficient (Wildman–Crippen LogP) is 3.66. The molecule has 0 unspecified atom stereocenters. The van der Waals surface area contributed by atoms with Gasteiger partial charge in [0.05, 0.1) is 0 Å². The van der Waals surface area contributed by atoms with Crippen LogP contribution in [0.1, 0.15) is 0 Å². The van der Waals surface area contributed by atoms with E-state index in [1.165, 1.54) is 0 Å². The zero-order chi connectivity index (χ0) is 24.5. The topological polar surface area (TPSA) is 54.4 Å². The summed E-state index contributed by atoms with van der Waals surface area (Å²) in [7, 11) is -7.89. The van der Waals surface area contributed by atoms with Crippen LogP contribution in [0.25, 0.3) is 0 Å². The van der Waals surface area contributed by atoms with E-state index >= 15 is 0 Å². The molecule has 0 rings (SSSR count). The molecular weight excluding hydrogens is 621 g/mol. The molecule has 0 radical (unpaired) electrons. The van der Waals surface area contributed by atoms with Gasteiger partial charge >= 0.3 is 81.5 Å². The summed E-state index contributed by atoms with van der Waals surface area (Å²) in [5.41, 5.74) is 0. The van der Waals surface area contributed by atoms with Crippen LogP contribution in [0, 0.1) is 0 Å². The van der Waals surface area contributed by atoms with Crippen molar-refractivity contribution in [3.8, 4) is 0 Å². The Kier molecular flexibility index (Phi) is 7.98. The quantitative estimate of drug-likeness (QED) is 0.267. The molecule has 0 aliphatic heterocycles. The van der Waals surface area contributed by atoms with Crippen molar-refractivity contribution in [1.82, 2.24) is 0 Å². The van der Waals surface area contributed by atoms with Crippen molar-refractivity contribution >= 4 is 34.5 Å². The van der Waals surface area contributed by atoms with E-state index in [4.69, 9.17) is 4.55 Å². The molecule has 0 amide bonds. The Morgan fingerprint density at radius 3 is 0.833 bits per heavy atom. The minimum absolute atomic E-state index is 0. The second-order valence-electron chi connectivity index (χ2n) is 4.94. The van der Waals surface area contributed by atoms with Gasteiger partial charge in [0.2, 0.25) is 0 Å². The summed E-state index contributed by atoms with van der Waals surface area (Å²) in [6, 6.07) is 0. The van der Waals surface area contributed by atoms with Crippen LogP contribution < -0.4 is 0 Å². The van der Waals surface area contributed by atoms with E-state index in [9.17, 15) is 83.1 Å². The van der Waals surface area contributed by atoms with Crippen LogP contribution in [0.3, 0.4) is 0 Å². The number of rotatable bonds is 7. The van der Waals surface area contributed by atoms with Gasteiger partial charge in [-0.3, -0.25) is 4.55 Å². The van der Waals surface area contributed by atoms with Crippen molar-refractivity contribution in [2.75, 3.05) is 0 Å². The van der Waals surface area contributed by atoms with E-state index in [1.807, 2.05) is 0 Å². The van der Waals surface area contributed by atoms with Gasteiger partial charge in [-0.05, 0) is 0 Å². The van der Waals surface area contributed by atoms with E-state index in [2.05, 4.69) is 0 Å². The molecule has 0 aromatic carbocycles. The fourth-order valence-corrected chi connectivity index (χ4v) is 1.76. The fourth-order valence-electron chi connectivity index (χ4n) is 1.31. The number of hydrogen-bond donors (Lipinski definition) is 1. The molecule has 0 spiro atoms. The number of hydrogen-bond acceptors (Lipinski definition) is 2. The van der Waals surface area contributed by atoms with Gasteiger partial charge in [0.25, 0.3) is 0 Å². The van der Waals surface area contributed by atoms with E-state index in [0.717, 1.165) is 0 Å². The van der Waals surface area contributed by atoms with E-state index in [-0.39, 0.29) is 24.4 Å². The molecule has 0 saturated carbocycles. The molecule has 3 nitrogen and oxygen atoms in total. The van der Waals surface area contributed by atoms with Gasteiger partial charge in [-0.25, -0.2) is 0 Å². The van der Waals surface area contributed by atoms with Crippen LogP contribution in [-0.2, 0) is 10.1 Å². The van der Waals surface area contributed by atoms with Gasteiger partial charge in [-0.2, -0.15) is 83.1 Å². The Morgan fingerprint density at radius 2 is 0.633 bits per heavy atom. The summed E-state index contributed by atoms with van der Waals surface area (Å²) < 4.78 is 242. The Labute approximate surface area is 169 Å². The third kappa shape index (κ3) is 3.79. The molecule has 184 valence electrons. The molecule has 22 heteroatoms. The minimum atomic E-state index is -8.89. The second kappa shape index (κ2) is 7.55. The molecular formula is C8H4F17O3SSb. The van der Waals surface area contributed by atoms with Gasteiger partial charge in [0.15, 0.2) is 0 Å². The van der Waals surface area contributed by atoms with E-state index < -0.39 is 57.1 Å². The molecule has 0 fully saturated rings. The summed E-state index contributed by atoms with van der Waals surface area (Å²) in [6.45, 7) is 0. The van der Waals surface area contributed by atoms with Crippen LogP contribution in [0.15, 0.2) is 0 Å². The van der Waals surface area contributed by atoms with Crippen molar-refractivity contribution in [3.63, 3.8) is 0 Å². The molecule has 0 aliphatic carbocycles. The molecule has 0 aliphatic rings. The van der Waals surface area contributed by atoms with Crippen LogP contribution in [-0.4, -0.2) is 84.4 Å². The molecule has 0 bridgehead atoms. The van der Waals surface area contributed by atoms with Gasteiger partial charge in [-0.15, -0.1) is 0 Å². The maximum atomic E-state index is 13.0. The van der Waals surface area contributed by atoms with Crippen LogP contribution >= 0.6 is 0 Å². The van der Waals surface area contributed by atoms with Crippen LogP contribution in [0.5, 0.6) is 0 Å². The first-order valence-corrected chi connectivity index (χ1v) is 7.12. The standard InChI is InChI=1S/C8HF17O3S.Sb.3H/c9-1(10,3(13,14)5(17,18)7(21,22)23)2(11,12)4(15,16)6(19,20)8(24,25)29(26,27)28;;;;/h(H,26,27,28);;;;. The molecule has 0 aromatic heterocycles. The molecule has 0 heterocycles. The predicted molar refractivity (Wildman–Crippen MR) is 62.2 cm³/mol. The van der Waals surface area contributed by atoms with Gasteiger partial charge in [-0.1, -0.05) is 0 Å². The Bertz CT molecular complexity index is 739. The first kappa shape index (κ1) is 31.7. The average molecular weight is 625 g/mol. The average Bonchev–Trinajstić information content (AvgIpc) is 2.43. The monoisotopic (exact) mass is 624 g/mol. The molecule has 0 atom stereocenters. The molecule has 0 aromatic rings. The Hall–Kier alpha value is -0.462. The fraction of sp³-hybridized carbons (Fsp3) is 1.00. The number of alkyl halides is 17. The summed E-state index contributed by atoms with van der Waals surface area (Å²) in [5, 5.41) is -7.84. The summed E-state index contributed by atoms with van der Waals surface area (Å²) in [5.74, 6) is -52.0. The summed E-state index contributed by atoms with van der Waals surface area (Å²) in [6.07, 6.45) is -7.88. The van der Waals surface area contributed by atoms with Gasteiger partial charge < -0.3 is 0 Å². The van der Waals surface area contributed by atoms with Crippen LogP contribution in [0.2, 0.25) is 0 Å². The third-order valence-corrected chi connectivity index (χ3v) is 3.92. The van der Waals surface area contributed by atoms with Crippen molar-refractivity contribution in [3.05, 3.63) is 0 Å². The van der Waals surface area contributed by atoms with Gasteiger partial charge in [0.1, 0.15) is 0 Å². The molecule has 30 heavy (non-hydrogen) atoms. The second-order valence-corrected chi connectivity index (χ2v) is 6.40. The first-order valence-electron chi connectivity index (χ1n) is 5.68. The third-order valence-electron chi connectivity index (χ3n) is 3.02. The zero-order valence-electron chi connectivity index (χ0n) is 12.8. The first-order chi connectivity index (χ1) is 12.0. The summed E-state index contributed by atoms with van der Waals surface area (Å²) in [4.78, 5) is 0. The Balaban J connectivity index is 0. The van der Waals surface area contributed by atoms with Crippen molar-refractivity contribution < 1.29 is 87.6 Å². The zero-order valence-corrected chi connectivity index (χ0v) is 17.7.